The molecule has 0 saturated carbocycles. The number of rotatable bonds is 7. The predicted octanol–water partition coefficient (Wildman–Crippen LogP) is 4.00. The van der Waals surface area contributed by atoms with E-state index >= 15 is 0 Å². The summed E-state index contributed by atoms with van der Waals surface area (Å²) < 4.78 is 7.45. The molecule has 28 heavy (non-hydrogen) atoms. The Hall–Kier alpha value is -2.61. The van der Waals surface area contributed by atoms with Crippen molar-refractivity contribution in [1.82, 2.24) is 20.2 Å². The first-order valence-corrected chi connectivity index (χ1v) is 10.0. The Morgan fingerprint density at radius 2 is 1.82 bits per heavy atom. The SMILES string of the molecule is O[C@@H](COc1cccc2ccccc12)CSc1nnnn1-c1ccc(Cl)cc1. The van der Waals surface area contributed by atoms with Crippen molar-refractivity contribution in [2.75, 3.05) is 12.4 Å². The molecule has 1 aromatic heterocycles. The number of halogens is 1. The fourth-order valence-corrected chi connectivity index (χ4v) is 3.66. The van der Waals surface area contributed by atoms with Crippen molar-refractivity contribution in [3.05, 3.63) is 71.8 Å². The molecule has 0 aliphatic rings. The molecule has 0 amide bonds. The van der Waals surface area contributed by atoms with Crippen molar-refractivity contribution in [3.8, 4) is 11.4 Å². The summed E-state index contributed by atoms with van der Waals surface area (Å²) in [6, 6.07) is 21.1. The first-order chi connectivity index (χ1) is 13.7. The summed E-state index contributed by atoms with van der Waals surface area (Å²) in [5, 5.41) is 25.4. The summed E-state index contributed by atoms with van der Waals surface area (Å²) in [4.78, 5) is 0. The van der Waals surface area contributed by atoms with Crippen molar-refractivity contribution < 1.29 is 9.84 Å². The van der Waals surface area contributed by atoms with Crippen LogP contribution in [0.1, 0.15) is 0 Å². The second-order valence-electron chi connectivity index (χ2n) is 6.10. The van der Waals surface area contributed by atoms with Crippen LogP contribution in [0.2, 0.25) is 5.02 Å². The van der Waals surface area contributed by atoms with Gasteiger partial charge in [-0.05, 0) is 46.1 Å². The molecule has 0 aliphatic heterocycles. The zero-order valence-electron chi connectivity index (χ0n) is 14.8. The first-order valence-electron chi connectivity index (χ1n) is 8.66. The Labute approximate surface area is 171 Å². The molecule has 0 unspecified atom stereocenters. The Morgan fingerprint density at radius 1 is 1.04 bits per heavy atom. The summed E-state index contributed by atoms with van der Waals surface area (Å²) in [5.41, 5.74) is 0.804. The van der Waals surface area contributed by atoms with Gasteiger partial charge in [0.05, 0.1) is 11.8 Å². The molecule has 1 N–H and O–H groups in total. The normalized spacial score (nSPS) is 12.2. The second-order valence-corrected chi connectivity index (χ2v) is 7.53. The van der Waals surface area contributed by atoms with E-state index in [0.717, 1.165) is 22.2 Å². The average molecular weight is 413 g/mol. The number of aliphatic hydroxyl groups is 1. The number of nitrogens with zero attached hydrogens (tertiary/aromatic N) is 4. The highest BCUT2D eigenvalue weighted by Crippen LogP contribution is 2.26. The number of hydrogen-bond acceptors (Lipinski definition) is 6. The zero-order chi connectivity index (χ0) is 19.3. The summed E-state index contributed by atoms with van der Waals surface area (Å²) in [6.07, 6.45) is -0.667. The first kappa shape index (κ1) is 18.7. The van der Waals surface area contributed by atoms with Gasteiger partial charge in [-0.25, -0.2) is 0 Å². The van der Waals surface area contributed by atoms with Crippen molar-refractivity contribution in [2.45, 2.75) is 11.3 Å². The number of thioether (sulfide) groups is 1. The molecule has 142 valence electrons. The van der Waals surface area contributed by atoms with E-state index in [1.165, 1.54) is 11.8 Å². The minimum atomic E-state index is -0.667. The number of hydrogen-bond donors (Lipinski definition) is 1. The van der Waals surface area contributed by atoms with Gasteiger partial charge in [0.1, 0.15) is 12.4 Å². The van der Waals surface area contributed by atoms with E-state index in [4.69, 9.17) is 16.3 Å². The Morgan fingerprint density at radius 3 is 2.68 bits per heavy atom. The minimum Gasteiger partial charge on any atom is -0.490 e. The van der Waals surface area contributed by atoms with Crippen LogP contribution >= 0.6 is 23.4 Å². The van der Waals surface area contributed by atoms with Crippen LogP contribution in [0, 0.1) is 0 Å². The quantitative estimate of drug-likeness (QED) is 0.462. The topological polar surface area (TPSA) is 73.1 Å². The van der Waals surface area contributed by atoms with Gasteiger partial charge in [0.2, 0.25) is 5.16 Å². The zero-order valence-corrected chi connectivity index (χ0v) is 16.3. The Balaban J connectivity index is 1.37. The van der Waals surface area contributed by atoms with Gasteiger partial charge in [0, 0.05) is 16.2 Å². The molecular weight excluding hydrogens is 396 g/mol. The van der Waals surface area contributed by atoms with Crippen molar-refractivity contribution in [2.24, 2.45) is 0 Å². The van der Waals surface area contributed by atoms with E-state index < -0.39 is 6.10 Å². The Kier molecular flexibility index (Phi) is 5.76. The molecule has 1 atom stereocenters. The summed E-state index contributed by atoms with van der Waals surface area (Å²) in [6.45, 7) is 0.184. The maximum absolute atomic E-state index is 10.3. The fraction of sp³-hybridized carbons (Fsp3) is 0.150. The Bertz CT molecular complexity index is 1070. The molecule has 0 saturated heterocycles. The summed E-state index contributed by atoms with van der Waals surface area (Å²) in [5.74, 6) is 1.16. The van der Waals surface area contributed by atoms with E-state index in [-0.39, 0.29) is 6.61 Å². The lowest BCUT2D eigenvalue weighted by Crippen LogP contribution is -2.20. The smallest absolute Gasteiger partial charge is 0.214 e. The van der Waals surface area contributed by atoms with Crippen LogP contribution in [-0.2, 0) is 0 Å². The molecule has 0 spiro atoms. The third kappa shape index (κ3) is 4.27. The lowest BCUT2D eigenvalue weighted by atomic mass is 10.1. The van der Waals surface area contributed by atoms with E-state index in [2.05, 4.69) is 15.5 Å². The molecule has 0 fully saturated rings. The number of ether oxygens (including phenoxy) is 1. The van der Waals surface area contributed by atoms with Crippen LogP contribution in [0.5, 0.6) is 5.75 Å². The van der Waals surface area contributed by atoms with Crippen LogP contribution < -0.4 is 4.74 Å². The van der Waals surface area contributed by atoms with Gasteiger partial charge in [-0.1, -0.05) is 59.8 Å². The van der Waals surface area contributed by atoms with Gasteiger partial charge < -0.3 is 9.84 Å². The van der Waals surface area contributed by atoms with E-state index in [0.29, 0.717) is 15.9 Å². The van der Waals surface area contributed by atoms with Crippen molar-refractivity contribution in [1.29, 1.82) is 0 Å². The maximum Gasteiger partial charge on any atom is 0.214 e. The second kappa shape index (κ2) is 8.60. The van der Waals surface area contributed by atoms with Gasteiger partial charge in [-0.15, -0.1) is 5.10 Å². The van der Waals surface area contributed by atoms with Crippen LogP contribution in [0.15, 0.2) is 71.9 Å². The molecule has 3 aromatic carbocycles. The molecule has 1 heterocycles. The number of aliphatic hydroxyl groups excluding tert-OH is 1. The summed E-state index contributed by atoms with van der Waals surface area (Å²) in [7, 11) is 0. The van der Waals surface area contributed by atoms with Crippen molar-refractivity contribution >= 4 is 34.1 Å². The maximum atomic E-state index is 10.3. The van der Waals surface area contributed by atoms with Gasteiger partial charge in [0.25, 0.3) is 0 Å². The third-order valence-corrected chi connectivity index (χ3v) is 5.41. The highest BCUT2D eigenvalue weighted by atomic mass is 35.5. The van der Waals surface area contributed by atoms with E-state index in [1.807, 2.05) is 54.6 Å². The fourth-order valence-electron chi connectivity index (χ4n) is 2.74. The van der Waals surface area contributed by atoms with E-state index in [9.17, 15) is 5.11 Å². The predicted molar refractivity (Wildman–Crippen MR) is 110 cm³/mol. The van der Waals surface area contributed by atoms with Gasteiger partial charge >= 0.3 is 0 Å². The molecular formula is C20H17ClN4O2S. The monoisotopic (exact) mass is 412 g/mol. The third-order valence-electron chi connectivity index (χ3n) is 4.10. The number of aromatic nitrogens is 4. The van der Waals surface area contributed by atoms with Gasteiger partial charge in [-0.2, -0.15) is 4.68 Å². The number of fused-ring (bicyclic) bond motifs is 1. The van der Waals surface area contributed by atoms with Crippen LogP contribution in [0.4, 0.5) is 0 Å². The van der Waals surface area contributed by atoms with E-state index in [1.54, 1.807) is 16.8 Å². The lowest BCUT2D eigenvalue weighted by molar-refractivity contribution is 0.127. The summed E-state index contributed by atoms with van der Waals surface area (Å²) >= 11 is 7.29. The van der Waals surface area contributed by atoms with Crippen molar-refractivity contribution in [3.63, 3.8) is 0 Å². The molecule has 0 radical (unpaired) electrons. The highest BCUT2D eigenvalue weighted by Gasteiger charge is 2.13. The highest BCUT2D eigenvalue weighted by molar-refractivity contribution is 7.99. The van der Waals surface area contributed by atoms with Gasteiger partial charge in [0.15, 0.2) is 0 Å². The molecule has 6 nitrogen and oxygen atoms in total. The van der Waals surface area contributed by atoms with Gasteiger partial charge in [-0.3, -0.25) is 0 Å². The number of tetrazole rings is 1. The minimum absolute atomic E-state index is 0.184. The average Bonchev–Trinajstić information content (AvgIpc) is 3.20. The molecule has 4 aromatic rings. The molecule has 8 heteroatoms. The lowest BCUT2D eigenvalue weighted by Gasteiger charge is -2.13. The standard InChI is InChI=1S/C20H17ClN4O2S/c21-15-8-10-16(11-9-15)25-20(22-23-24-25)28-13-17(26)12-27-19-7-3-5-14-4-1-2-6-18(14)19/h1-11,17,26H,12-13H2/t17-/m0/s1. The van der Waals surface area contributed by atoms with Crippen LogP contribution in [0.3, 0.4) is 0 Å². The molecule has 0 aliphatic carbocycles. The van der Waals surface area contributed by atoms with Crippen LogP contribution in [0.25, 0.3) is 16.5 Å². The molecule has 0 bridgehead atoms. The number of benzene rings is 3. The van der Waals surface area contributed by atoms with Crippen LogP contribution in [-0.4, -0.2) is 43.8 Å². The molecule has 4 rings (SSSR count). The largest absolute Gasteiger partial charge is 0.490 e.